The zero-order valence-electron chi connectivity index (χ0n) is 15.9. The Morgan fingerprint density at radius 3 is 2.96 bits per heavy atom. The van der Waals surface area contributed by atoms with E-state index in [9.17, 15) is 9.18 Å². The lowest BCUT2D eigenvalue weighted by Crippen LogP contribution is -2.41. The number of aryl methyl sites for hydroxylation is 1. The van der Waals surface area contributed by atoms with Crippen LogP contribution in [0.1, 0.15) is 28.8 Å². The van der Waals surface area contributed by atoms with E-state index >= 15 is 0 Å². The second-order valence-corrected chi connectivity index (χ2v) is 8.29. The zero-order valence-corrected chi connectivity index (χ0v) is 15.9. The summed E-state index contributed by atoms with van der Waals surface area (Å²) in [6.07, 6.45) is 6.11. The summed E-state index contributed by atoms with van der Waals surface area (Å²) in [5.74, 6) is 0.228. The normalized spacial score (nSPS) is 30.5. The lowest BCUT2D eigenvalue weighted by Gasteiger charge is -2.29. The van der Waals surface area contributed by atoms with Crippen molar-refractivity contribution in [1.29, 1.82) is 0 Å². The summed E-state index contributed by atoms with van der Waals surface area (Å²) >= 11 is 0. The minimum atomic E-state index is -0.336. The van der Waals surface area contributed by atoms with Gasteiger partial charge in [0.05, 0.1) is 11.7 Å². The van der Waals surface area contributed by atoms with Crippen LogP contribution in [-0.2, 0) is 4.74 Å². The maximum absolute atomic E-state index is 13.1. The first-order valence-electron chi connectivity index (χ1n) is 9.93. The number of benzene rings is 1. The SMILES string of the molecule is Cc1cnccc1N1C[C@@H]2[C@H](CNC(=O)c3ccc(F)cc3)[C@H]3CC[C@]2(C1)O3. The summed E-state index contributed by atoms with van der Waals surface area (Å²) in [5, 5.41) is 3.05. The highest BCUT2D eigenvalue weighted by Gasteiger charge is 2.62. The second kappa shape index (κ2) is 6.55. The molecule has 0 saturated carbocycles. The van der Waals surface area contributed by atoms with Gasteiger partial charge in [-0.2, -0.15) is 0 Å². The summed E-state index contributed by atoms with van der Waals surface area (Å²) < 4.78 is 19.6. The van der Waals surface area contributed by atoms with Crippen LogP contribution in [0.15, 0.2) is 42.7 Å². The number of nitrogens with one attached hydrogen (secondary N) is 1. The molecule has 2 bridgehead atoms. The van der Waals surface area contributed by atoms with Gasteiger partial charge in [-0.3, -0.25) is 9.78 Å². The van der Waals surface area contributed by atoms with Crippen molar-refractivity contribution in [2.75, 3.05) is 24.5 Å². The first-order valence-corrected chi connectivity index (χ1v) is 9.93. The van der Waals surface area contributed by atoms with Crippen molar-refractivity contribution in [3.63, 3.8) is 0 Å². The average molecular weight is 381 g/mol. The number of hydrogen-bond acceptors (Lipinski definition) is 4. The number of nitrogens with zero attached hydrogens (tertiary/aromatic N) is 2. The van der Waals surface area contributed by atoms with E-state index < -0.39 is 0 Å². The number of ether oxygens (including phenoxy) is 1. The number of aromatic nitrogens is 1. The number of fused-ring (bicyclic) bond motifs is 1. The van der Waals surface area contributed by atoms with E-state index in [1.807, 2.05) is 12.4 Å². The molecule has 5 rings (SSSR count). The predicted octanol–water partition coefficient (Wildman–Crippen LogP) is 2.94. The van der Waals surface area contributed by atoms with Crippen molar-refractivity contribution in [2.45, 2.75) is 31.5 Å². The molecule has 1 N–H and O–H groups in total. The Labute approximate surface area is 163 Å². The van der Waals surface area contributed by atoms with E-state index in [1.54, 1.807) is 0 Å². The highest BCUT2D eigenvalue weighted by molar-refractivity contribution is 5.94. The molecule has 0 unspecified atom stereocenters. The third-order valence-electron chi connectivity index (χ3n) is 6.72. The summed E-state index contributed by atoms with van der Waals surface area (Å²) in [4.78, 5) is 19.1. The minimum Gasteiger partial charge on any atom is -0.369 e. The molecule has 1 spiro atoms. The van der Waals surface area contributed by atoms with E-state index in [1.165, 1.54) is 35.5 Å². The fraction of sp³-hybridized carbons (Fsp3) is 0.455. The van der Waals surface area contributed by atoms with Crippen LogP contribution in [0.3, 0.4) is 0 Å². The number of carbonyl (C=O) groups excluding carboxylic acids is 1. The van der Waals surface area contributed by atoms with Crippen LogP contribution in [0.4, 0.5) is 10.1 Å². The standard InChI is InChI=1S/C22H24FN3O2/c1-14-10-24-9-7-19(14)26-12-18-17(20-6-8-22(18,13-26)28-20)11-25-21(27)15-2-4-16(23)5-3-15/h2-5,7,9-10,17-18,20H,6,8,11-13H2,1H3,(H,25,27)/t17-,18+,20+,22+/m0/s1. The first kappa shape index (κ1) is 17.6. The van der Waals surface area contributed by atoms with Crippen molar-refractivity contribution in [3.05, 3.63) is 59.7 Å². The Morgan fingerprint density at radius 2 is 2.18 bits per heavy atom. The van der Waals surface area contributed by atoms with E-state index in [0.717, 1.165) is 25.9 Å². The average Bonchev–Trinajstić information content (AvgIpc) is 3.35. The number of carbonyl (C=O) groups is 1. The maximum atomic E-state index is 13.1. The highest BCUT2D eigenvalue weighted by atomic mass is 19.1. The van der Waals surface area contributed by atoms with Gasteiger partial charge in [0.1, 0.15) is 5.82 Å². The van der Waals surface area contributed by atoms with Crippen molar-refractivity contribution >= 4 is 11.6 Å². The minimum absolute atomic E-state index is 0.0916. The number of rotatable bonds is 4. The van der Waals surface area contributed by atoms with Gasteiger partial charge in [0, 0.05) is 55.1 Å². The fourth-order valence-electron chi connectivity index (χ4n) is 5.38. The fourth-order valence-corrected chi connectivity index (χ4v) is 5.38. The van der Waals surface area contributed by atoms with Crippen LogP contribution in [0, 0.1) is 24.6 Å². The summed E-state index contributed by atoms with van der Waals surface area (Å²) in [6, 6.07) is 7.75. The van der Waals surface area contributed by atoms with Gasteiger partial charge >= 0.3 is 0 Å². The van der Waals surface area contributed by atoms with E-state index in [0.29, 0.717) is 23.9 Å². The molecule has 3 aliphatic rings. The smallest absolute Gasteiger partial charge is 0.251 e. The lowest BCUT2D eigenvalue weighted by atomic mass is 9.73. The van der Waals surface area contributed by atoms with Crippen LogP contribution in [-0.4, -0.2) is 42.2 Å². The molecule has 1 aromatic heterocycles. The molecule has 1 amide bonds. The Bertz CT molecular complexity index is 903. The van der Waals surface area contributed by atoms with Gasteiger partial charge in [0.25, 0.3) is 5.91 Å². The topological polar surface area (TPSA) is 54.5 Å². The van der Waals surface area contributed by atoms with Gasteiger partial charge in [-0.05, 0) is 55.7 Å². The van der Waals surface area contributed by atoms with Gasteiger partial charge in [-0.25, -0.2) is 4.39 Å². The Hall–Kier alpha value is -2.47. The molecule has 1 aromatic carbocycles. The zero-order chi connectivity index (χ0) is 19.3. The van der Waals surface area contributed by atoms with Gasteiger partial charge in [0.2, 0.25) is 0 Å². The Morgan fingerprint density at radius 1 is 1.36 bits per heavy atom. The number of halogens is 1. The molecule has 3 aliphatic heterocycles. The van der Waals surface area contributed by atoms with Crippen LogP contribution in [0.25, 0.3) is 0 Å². The molecule has 0 aliphatic carbocycles. The molecular weight excluding hydrogens is 357 g/mol. The van der Waals surface area contributed by atoms with Gasteiger partial charge < -0.3 is 15.0 Å². The summed E-state index contributed by atoms with van der Waals surface area (Å²) in [7, 11) is 0. The van der Waals surface area contributed by atoms with Crippen molar-refractivity contribution in [1.82, 2.24) is 10.3 Å². The van der Waals surface area contributed by atoms with Gasteiger partial charge in [-0.1, -0.05) is 0 Å². The Balaban J connectivity index is 1.30. The lowest BCUT2D eigenvalue weighted by molar-refractivity contribution is 0.0141. The maximum Gasteiger partial charge on any atom is 0.251 e. The molecule has 146 valence electrons. The predicted molar refractivity (Wildman–Crippen MR) is 104 cm³/mol. The van der Waals surface area contributed by atoms with Crippen LogP contribution < -0.4 is 10.2 Å². The number of hydrogen-bond donors (Lipinski definition) is 1. The molecule has 3 saturated heterocycles. The number of amides is 1. The first-order chi connectivity index (χ1) is 13.6. The number of pyridine rings is 1. The largest absolute Gasteiger partial charge is 0.369 e. The summed E-state index contributed by atoms with van der Waals surface area (Å²) in [6.45, 7) is 4.53. The van der Waals surface area contributed by atoms with E-state index in [4.69, 9.17) is 4.74 Å². The quantitative estimate of drug-likeness (QED) is 0.885. The van der Waals surface area contributed by atoms with Gasteiger partial charge in [-0.15, -0.1) is 0 Å². The number of anilines is 1. The molecule has 4 heterocycles. The molecular formula is C22H24FN3O2. The monoisotopic (exact) mass is 381 g/mol. The van der Waals surface area contributed by atoms with Crippen LogP contribution in [0.5, 0.6) is 0 Å². The molecule has 6 heteroatoms. The van der Waals surface area contributed by atoms with Gasteiger partial charge in [0.15, 0.2) is 0 Å². The third-order valence-corrected chi connectivity index (χ3v) is 6.72. The molecule has 0 radical (unpaired) electrons. The van der Waals surface area contributed by atoms with E-state index in [2.05, 4.69) is 28.2 Å². The molecule has 4 atom stereocenters. The van der Waals surface area contributed by atoms with Crippen LogP contribution >= 0.6 is 0 Å². The Kier molecular flexibility index (Phi) is 4.12. The molecule has 5 nitrogen and oxygen atoms in total. The van der Waals surface area contributed by atoms with Crippen LogP contribution in [0.2, 0.25) is 0 Å². The van der Waals surface area contributed by atoms with Crippen molar-refractivity contribution < 1.29 is 13.9 Å². The molecule has 3 fully saturated rings. The van der Waals surface area contributed by atoms with E-state index in [-0.39, 0.29) is 23.4 Å². The highest BCUT2D eigenvalue weighted by Crippen LogP contribution is 2.55. The molecule has 28 heavy (non-hydrogen) atoms. The molecule has 2 aromatic rings. The van der Waals surface area contributed by atoms with Crippen molar-refractivity contribution in [2.24, 2.45) is 11.8 Å². The summed E-state index contributed by atoms with van der Waals surface area (Å²) in [5.41, 5.74) is 2.79. The van der Waals surface area contributed by atoms with Crippen molar-refractivity contribution in [3.8, 4) is 0 Å². The second-order valence-electron chi connectivity index (χ2n) is 8.29. The third kappa shape index (κ3) is 2.78.